The van der Waals surface area contributed by atoms with Gasteiger partial charge in [0.2, 0.25) is 0 Å². The summed E-state index contributed by atoms with van der Waals surface area (Å²) in [6.07, 6.45) is 4.83. The molecule has 1 saturated carbocycles. The Bertz CT molecular complexity index is 239. The third-order valence-corrected chi connectivity index (χ3v) is 4.20. The van der Waals surface area contributed by atoms with Crippen molar-refractivity contribution in [2.45, 2.75) is 33.6 Å². The van der Waals surface area contributed by atoms with E-state index in [1.165, 1.54) is 18.4 Å². The average Bonchev–Trinajstić information content (AvgIpc) is 2.49. The van der Waals surface area contributed by atoms with E-state index in [1.54, 1.807) is 0 Å². The molecule has 0 bridgehead atoms. The molecule has 0 spiro atoms. The molecule has 1 nitrogen and oxygen atoms in total. The fraction of sp³-hybridized carbons (Fsp3) is 0.818. The highest BCUT2D eigenvalue weighted by atomic mass is 16.3. The molecule has 2 rings (SSSR count). The number of aliphatic hydroxyl groups is 1. The summed E-state index contributed by atoms with van der Waals surface area (Å²) in [6, 6.07) is 0. The van der Waals surface area contributed by atoms with E-state index in [0.29, 0.717) is 12.0 Å². The van der Waals surface area contributed by atoms with Crippen molar-refractivity contribution >= 4 is 0 Å². The molecule has 1 heteroatoms. The highest BCUT2D eigenvalue weighted by Crippen LogP contribution is 2.73. The first-order valence-electron chi connectivity index (χ1n) is 4.84. The standard InChI is InChI=1S/C11H18O/c1-8-4-5-9-10(2,3)11(9,6-8)7-12/h6,9,12H,4-5,7H2,1-3H3. The normalized spacial score (nSPS) is 43.3. The van der Waals surface area contributed by atoms with Crippen molar-refractivity contribution in [3.63, 3.8) is 0 Å². The van der Waals surface area contributed by atoms with E-state index < -0.39 is 0 Å². The van der Waals surface area contributed by atoms with Gasteiger partial charge in [-0.15, -0.1) is 0 Å². The summed E-state index contributed by atoms with van der Waals surface area (Å²) < 4.78 is 0. The molecule has 2 aliphatic carbocycles. The maximum absolute atomic E-state index is 9.40. The highest BCUT2D eigenvalue weighted by molar-refractivity contribution is 5.31. The van der Waals surface area contributed by atoms with E-state index in [1.807, 2.05) is 0 Å². The lowest BCUT2D eigenvalue weighted by Gasteiger charge is -2.17. The Morgan fingerprint density at radius 2 is 2.25 bits per heavy atom. The third kappa shape index (κ3) is 0.731. The first-order valence-corrected chi connectivity index (χ1v) is 4.84. The van der Waals surface area contributed by atoms with Gasteiger partial charge in [-0.05, 0) is 31.1 Å². The van der Waals surface area contributed by atoms with Crippen LogP contribution in [0.15, 0.2) is 11.6 Å². The quantitative estimate of drug-likeness (QED) is 0.593. The predicted molar refractivity (Wildman–Crippen MR) is 49.8 cm³/mol. The van der Waals surface area contributed by atoms with Crippen molar-refractivity contribution in [2.24, 2.45) is 16.7 Å². The van der Waals surface area contributed by atoms with Gasteiger partial charge < -0.3 is 5.11 Å². The van der Waals surface area contributed by atoms with Crippen LogP contribution in [0.4, 0.5) is 0 Å². The minimum Gasteiger partial charge on any atom is -0.395 e. The first-order chi connectivity index (χ1) is 5.54. The molecule has 0 heterocycles. The largest absolute Gasteiger partial charge is 0.395 e. The van der Waals surface area contributed by atoms with Crippen molar-refractivity contribution in [1.29, 1.82) is 0 Å². The van der Waals surface area contributed by atoms with E-state index in [4.69, 9.17) is 0 Å². The van der Waals surface area contributed by atoms with Gasteiger partial charge in [-0.1, -0.05) is 25.5 Å². The maximum Gasteiger partial charge on any atom is 0.0530 e. The Labute approximate surface area is 74.5 Å². The van der Waals surface area contributed by atoms with Crippen LogP contribution in [-0.4, -0.2) is 11.7 Å². The molecular weight excluding hydrogens is 148 g/mol. The monoisotopic (exact) mass is 166 g/mol. The van der Waals surface area contributed by atoms with Gasteiger partial charge in [-0.25, -0.2) is 0 Å². The number of rotatable bonds is 1. The Hall–Kier alpha value is -0.300. The zero-order chi connectivity index (χ0) is 8.98. The van der Waals surface area contributed by atoms with Gasteiger partial charge in [-0.3, -0.25) is 0 Å². The van der Waals surface area contributed by atoms with Crippen LogP contribution < -0.4 is 0 Å². The number of allylic oxidation sites excluding steroid dienone is 1. The molecule has 2 atom stereocenters. The lowest BCUT2D eigenvalue weighted by molar-refractivity contribution is 0.207. The molecule has 0 saturated heterocycles. The highest BCUT2D eigenvalue weighted by Gasteiger charge is 2.69. The number of aliphatic hydroxyl groups excluding tert-OH is 1. The third-order valence-electron chi connectivity index (χ3n) is 4.20. The van der Waals surface area contributed by atoms with Crippen molar-refractivity contribution in [1.82, 2.24) is 0 Å². The van der Waals surface area contributed by atoms with Gasteiger partial charge in [0.05, 0.1) is 6.61 Å². The molecule has 0 radical (unpaired) electrons. The van der Waals surface area contributed by atoms with E-state index in [0.717, 1.165) is 5.92 Å². The first kappa shape index (κ1) is 8.31. The summed E-state index contributed by atoms with van der Waals surface area (Å²) in [7, 11) is 0. The van der Waals surface area contributed by atoms with E-state index >= 15 is 0 Å². The molecular formula is C11H18O. The summed E-state index contributed by atoms with van der Waals surface area (Å²) in [5, 5.41) is 9.40. The lowest BCUT2D eigenvalue weighted by Crippen LogP contribution is -2.14. The summed E-state index contributed by atoms with van der Waals surface area (Å²) in [5.74, 6) is 0.735. The molecule has 2 aliphatic rings. The van der Waals surface area contributed by atoms with Gasteiger partial charge in [0.1, 0.15) is 0 Å². The van der Waals surface area contributed by atoms with Crippen LogP contribution in [0.2, 0.25) is 0 Å². The summed E-state index contributed by atoms with van der Waals surface area (Å²) >= 11 is 0. The Morgan fingerprint density at radius 3 is 2.75 bits per heavy atom. The SMILES string of the molecule is CC1=CC2(CO)C(CC1)C2(C)C. The molecule has 68 valence electrons. The van der Waals surface area contributed by atoms with Crippen LogP contribution in [0.1, 0.15) is 33.6 Å². The zero-order valence-corrected chi connectivity index (χ0v) is 8.22. The number of hydrogen-bond acceptors (Lipinski definition) is 1. The molecule has 0 aromatic rings. The summed E-state index contributed by atoms with van der Waals surface area (Å²) in [6.45, 7) is 7.08. The minimum absolute atomic E-state index is 0.148. The topological polar surface area (TPSA) is 20.2 Å². The van der Waals surface area contributed by atoms with E-state index in [-0.39, 0.29) is 5.41 Å². The van der Waals surface area contributed by atoms with Gasteiger partial charge in [-0.2, -0.15) is 0 Å². The smallest absolute Gasteiger partial charge is 0.0530 e. The van der Waals surface area contributed by atoms with Crippen LogP contribution in [0, 0.1) is 16.7 Å². The fourth-order valence-electron chi connectivity index (χ4n) is 3.15. The molecule has 0 amide bonds. The van der Waals surface area contributed by atoms with Crippen LogP contribution in [0.3, 0.4) is 0 Å². The van der Waals surface area contributed by atoms with Gasteiger partial charge in [0.25, 0.3) is 0 Å². The molecule has 0 aromatic carbocycles. The molecule has 0 aliphatic heterocycles. The molecule has 12 heavy (non-hydrogen) atoms. The molecule has 2 unspecified atom stereocenters. The average molecular weight is 166 g/mol. The van der Waals surface area contributed by atoms with Crippen LogP contribution in [0.25, 0.3) is 0 Å². The second-order valence-electron chi connectivity index (χ2n) is 5.00. The van der Waals surface area contributed by atoms with Gasteiger partial charge in [0.15, 0.2) is 0 Å². The lowest BCUT2D eigenvalue weighted by atomic mass is 9.90. The number of fused-ring (bicyclic) bond motifs is 1. The fourth-order valence-corrected chi connectivity index (χ4v) is 3.15. The van der Waals surface area contributed by atoms with Gasteiger partial charge in [0, 0.05) is 5.41 Å². The van der Waals surface area contributed by atoms with Crippen molar-refractivity contribution in [3.05, 3.63) is 11.6 Å². The second kappa shape index (κ2) is 2.14. The molecule has 1 fully saturated rings. The van der Waals surface area contributed by atoms with Crippen molar-refractivity contribution < 1.29 is 5.11 Å². The second-order valence-corrected chi connectivity index (χ2v) is 5.00. The summed E-state index contributed by atoms with van der Waals surface area (Å²) in [4.78, 5) is 0. The minimum atomic E-state index is 0.148. The summed E-state index contributed by atoms with van der Waals surface area (Å²) in [5.41, 5.74) is 1.96. The van der Waals surface area contributed by atoms with Crippen molar-refractivity contribution in [3.8, 4) is 0 Å². The van der Waals surface area contributed by atoms with Crippen LogP contribution in [0.5, 0.6) is 0 Å². The molecule has 0 aromatic heterocycles. The van der Waals surface area contributed by atoms with E-state index in [9.17, 15) is 5.11 Å². The van der Waals surface area contributed by atoms with Gasteiger partial charge >= 0.3 is 0 Å². The van der Waals surface area contributed by atoms with E-state index in [2.05, 4.69) is 26.8 Å². The Balaban J connectivity index is 2.34. The van der Waals surface area contributed by atoms with Crippen molar-refractivity contribution in [2.75, 3.05) is 6.61 Å². The Kier molecular flexibility index (Phi) is 1.48. The van der Waals surface area contributed by atoms with Crippen LogP contribution >= 0.6 is 0 Å². The zero-order valence-electron chi connectivity index (χ0n) is 8.22. The predicted octanol–water partition coefficient (Wildman–Crippen LogP) is 2.36. The Morgan fingerprint density at radius 1 is 1.58 bits per heavy atom. The maximum atomic E-state index is 9.40. The van der Waals surface area contributed by atoms with Crippen LogP contribution in [-0.2, 0) is 0 Å². The number of hydrogen-bond donors (Lipinski definition) is 1. The molecule has 1 N–H and O–H groups in total.